The van der Waals surface area contributed by atoms with Gasteiger partial charge in [0.05, 0.1) is 0 Å². The summed E-state index contributed by atoms with van der Waals surface area (Å²) in [5.41, 5.74) is 0. The Morgan fingerprint density at radius 2 is 2.10 bits per heavy atom. The SMILES string of the molecule is CC#CCC1CCOCC1. The molecule has 0 atom stereocenters. The summed E-state index contributed by atoms with van der Waals surface area (Å²) >= 11 is 0. The Kier molecular flexibility index (Phi) is 3.32. The number of hydrogen-bond donors (Lipinski definition) is 0. The maximum Gasteiger partial charge on any atom is 0.0469 e. The summed E-state index contributed by atoms with van der Waals surface area (Å²) in [6.07, 6.45) is 3.48. The molecule has 0 saturated carbocycles. The molecule has 0 radical (unpaired) electrons. The van der Waals surface area contributed by atoms with E-state index < -0.39 is 0 Å². The van der Waals surface area contributed by atoms with Gasteiger partial charge in [-0.2, -0.15) is 0 Å². The van der Waals surface area contributed by atoms with E-state index in [2.05, 4.69) is 11.8 Å². The number of hydrogen-bond acceptors (Lipinski definition) is 1. The van der Waals surface area contributed by atoms with Crippen LogP contribution in [0.3, 0.4) is 0 Å². The van der Waals surface area contributed by atoms with Crippen LogP contribution in [0, 0.1) is 17.8 Å². The number of rotatable bonds is 1. The van der Waals surface area contributed by atoms with E-state index in [-0.39, 0.29) is 0 Å². The normalized spacial score (nSPS) is 19.7. The number of ether oxygens (including phenoxy) is 1. The summed E-state index contributed by atoms with van der Waals surface area (Å²) < 4.78 is 5.23. The van der Waals surface area contributed by atoms with Crippen molar-refractivity contribution in [3.8, 4) is 11.8 Å². The molecule has 1 rings (SSSR count). The lowest BCUT2D eigenvalue weighted by Crippen LogP contribution is -2.14. The maximum absolute atomic E-state index is 5.23. The van der Waals surface area contributed by atoms with Gasteiger partial charge >= 0.3 is 0 Å². The molecular formula is C9H14O. The standard InChI is InChI=1S/C9H14O/c1-2-3-4-9-5-7-10-8-6-9/h9H,4-8H2,1H3. The van der Waals surface area contributed by atoms with Crippen molar-refractivity contribution in [3.63, 3.8) is 0 Å². The van der Waals surface area contributed by atoms with Crippen molar-refractivity contribution in [1.82, 2.24) is 0 Å². The summed E-state index contributed by atoms with van der Waals surface area (Å²) in [5, 5.41) is 0. The van der Waals surface area contributed by atoms with Crippen LogP contribution in [0.2, 0.25) is 0 Å². The van der Waals surface area contributed by atoms with Gasteiger partial charge in [0, 0.05) is 19.6 Å². The van der Waals surface area contributed by atoms with Crippen LogP contribution in [0.15, 0.2) is 0 Å². The topological polar surface area (TPSA) is 9.23 Å². The molecule has 0 unspecified atom stereocenters. The third kappa shape index (κ3) is 2.41. The third-order valence-corrected chi connectivity index (χ3v) is 1.91. The minimum Gasteiger partial charge on any atom is -0.381 e. The van der Waals surface area contributed by atoms with Crippen molar-refractivity contribution >= 4 is 0 Å². The van der Waals surface area contributed by atoms with E-state index in [0.717, 1.165) is 25.6 Å². The van der Waals surface area contributed by atoms with Crippen LogP contribution in [0.5, 0.6) is 0 Å². The molecule has 0 aliphatic carbocycles. The van der Waals surface area contributed by atoms with Gasteiger partial charge in [-0.05, 0) is 25.7 Å². The molecule has 0 aromatic rings. The van der Waals surface area contributed by atoms with Crippen LogP contribution in [0.25, 0.3) is 0 Å². The molecule has 1 fully saturated rings. The lowest BCUT2D eigenvalue weighted by Gasteiger charge is -2.19. The first-order valence-corrected chi connectivity index (χ1v) is 3.91. The average molecular weight is 138 g/mol. The van der Waals surface area contributed by atoms with E-state index >= 15 is 0 Å². The van der Waals surface area contributed by atoms with Gasteiger partial charge in [-0.25, -0.2) is 0 Å². The first kappa shape index (κ1) is 7.63. The third-order valence-electron chi connectivity index (χ3n) is 1.91. The fraction of sp³-hybridized carbons (Fsp3) is 0.778. The van der Waals surface area contributed by atoms with Crippen LogP contribution in [-0.2, 0) is 4.74 Å². The molecule has 56 valence electrons. The molecule has 0 N–H and O–H groups in total. The second-order valence-corrected chi connectivity index (χ2v) is 2.69. The zero-order chi connectivity index (χ0) is 7.23. The van der Waals surface area contributed by atoms with Crippen molar-refractivity contribution < 1.29 is 4.74 Å². The Morgan fingerprint density at radius 1 is 1.40 bits per heavy atom. The van der Waals surface area contributed by atoms with Crippen LogP contribution < -0.4 is 0 Å². The van der Waals surface area contributed by atoms with Gasteiger partial charge in [0.1, 0.15) is 0 Å². The lowest BCUT2D eigenvalue weighted by molar-refractivity contribution is 0.0678. The molecule has 1 nitrogen and oxygen atoms in total. The summed E-state index contributed by atoms with van der Waals surface area (Å²) in [7, 11) is 0. The molecule has 0 aromatic carbocycles. The Hall–Kier alpha value is -0.480. The minimum absolute atomic E-state index is 0.807. The van der Waals surface area contributed by atoms with Gasteiger partial charge in [0.25, 0.3) is 0 Å². The maximum atomic E-state index is 5.23. The van der Waals surface area contributed by atoms with Crippen LogP contribution in [0.1, 0.15) is 26.2 Å². The van der Waals surface area contributed by atoms with E-state index in [4.69, 9.17) is 4.74 Å². The van der Waals surface area contributed by atoms with E-state index in [0.29, 0.717) is 0 Å². The Morgan fingerprint density at radius 3 is 2.70 bits per heavy atom. The fourth-order valence-electron chi connectivity index (χ4n) is 1.20. The first-order valence-electron chi connectivity index (χ1n) is 3.91. The monoisotopic (exact) mass is 138 g/mol. The van der Waals surface area contributed by atoms with Crippen LogP contribution >= 0.6 is 0 Å². The molecule has 0 bridgehead atoms. The molecule has 0 amide bonds. The molecule has 1 aliphatic heterocycles. The van der Waals surface area contributed by atoms with E-state index in [1.54, 1.807) is 0 Å². The van der Waals surface area contributed by atoms with E-state index in [1.807, 2.05) is 6.92 Å². The zero-order valence-corrected chi connectivity index (χ0v) is 6.52. The van der Waals surface area contributed by atoms with Crippen molar-refractivity contribution in [2.45, 2.75) is 26.2 Å². The largest absolute Gasteiger partial charge is 0.381 e. The summed E-state index contributed by atoms with van der Waals surface area (Å²) in [5.74, 6) is 6.84. The van der Waals surface area contributed by atoms with E-state index in [1.165, 1.54) is 12.8 Å². The second kappa shape index (κ2) is 4.35. The van der Waals surface area contributed by atoms with Crippen molar-refractivity contribution in [1.29, 1.82) is 0 Å². The molecule has 0 spiro atoms. The summed E-state index contributed by atoms with van der Waals surface area (Å²) in [6.45, 7) is 3.78. The van der Waals surface area contributed by atoms with Crippen molar-refractivity contribution in [3.05, 3.63) is 0 Å². The van der Waals surface area contributed by atoms with Gasteiger partial charge in [0.15, 0.2) is 0 Å². The van der Waals surface area contributed by atoms with Gasteiger partial charge in [0.2, 0.25) is 0 Å². The highest BCUT2D eigenvalue weighted by Gasteiger charge is 2.11. The quantitative estimate of drug-likeness (QED) is 0.502. The van der Waals surface area contributed by atoms with Crippen molar-refractivity contribution in [2.75, 3.05) is 13.2 Å². The molecule has 10 heavy (non-hydrogen) atoms. The first-order chi connectivity index (χ1) is 4.93. The Balaban J connectivity index is 2.17. The van der Waals surface area contributed by atoms with Gasteiger partial charge in [-0.1, -0.05) is 0 Å². The van der Waals surface area contributed by atoms with E-state index in [9.17, 15) is 0 Å². The van der Waals surface area contributed by atoms with Crippen LogP contribution in [-0.4, -0.2) is 13.2 Å². The molecule has 1 aliphatic rings. The highest BCUT2D eigenvalue weighted by molar-refractivity contribution is 4.96. The fourth-order valence-corrected chi connectivity index (χ4v) is 1.20. The predicted octanol–water partition coefficient (Wildman–Crippen LogP) is 1.83. The average Bonchev–Trinajstić information content (AvgIpc) is 2.03. The van der Waals surface area contributed by atoms with Crippen molar-refractivity contribution in [2.24, 2.45) is 5.92 Å². The minimum atomic E-state index is 0.807. The smallest absolute Gasteiger partial charge is 0.0469 e. The Bertz CT molecular complexity index is 135. The summed E-state index contributed by atoms with van der Waals surface area (Å²) in [4.78, 5) is 0. The van der Waals surface area contributed by atoms with Gasteiger partial charge in [-0.3, -0.25) is 0 Å². The molecular weight excluding hydrogens is 124 g/mol. The predicted molar refractivity (Wildman–Crippen MR) is 41.6 cm³/mol. The second-order valence-electron chi connectivity index (χ2n) is 2.69. The zero-order valence-electron chi connectivity index (χ0n) is 6.52. The Labute approximate surface area is 62.8 Å². The van der Waals surface area contributed by atoms with Gasteiger partial charge < -0.3 is 4.74 Å². The molecule has 1 heterocycles. The highest BCUT2D eigenvalue weighted by Crippen LogP contribution is 2.17. The highest BCUT2D eigenvalue weighted by atomic mass is 16.5. The summed E-state index contributed by atoms with van der Waals surface area (Å²) in [6, 6.07) is 0. The van der Waals surface area contributed by atoms with Gasteiger partial charge in [-0.15, -0.1) is 11.8 Å². The molecule has 0 aromatic heterocycles. The van der Waals surface area contributed by atoms with Crippen LogP contribution in [0.4, 0.5) is 0 Å². The lowest BCUT2D eigenvalue weighted by atomic mass is 9.97. The molecule has 1 saturated heterocycles. The molecule has 1 heteroatoms.